The van der Waals surface area contributed by atoms with E-state index in [0.29, 0.717) is 12.2 Å². The van der Waals surface area contributed by atoms with E-state index >= 15 is 0 Å². The maximum atomic E-state index is 11.5. The molecule has 2 aliphatic rings. The van der Waals surface area contributed by atoms with E-state index in [9.17, 15) is 4.79 Å². The summed E-state index contributed by atoms with van der Waals surface area (Å²) in [4.78, 5) is 11.5. The number of ether oxygens (including phenoxy) is 1. The van der Waals surface area contributed by atoms with Crippen LogP contribution in [0.1, 0.15) is 45.4 Å². The molecule has 0 spiro atoms. The molecule has 82 valence electrons. The predicted molar refractivity (Wildman–Crippen MR) is 59.4 cm³/mol. The Morgan fingerprint density at radius 1 is 1.20 bits per heavy atom. The number of carbonyl (C=O) groups excluding carboxylic acids is 1. The summed E-state index contributed by atoms with van der Waals surface area (Å²) >= 11 is 0. The summed E-state index contributed by atoms with van der Waals surface area (Å²) in [5, 5.41) is 0. The van der Waals surface area contributed by atoms with Crippen LogP contribution in [0.4, 0.5) is 0 Å². The number of ketones is 1. The van der Waals surface area contributed by atoms with Gasteiger partial charge in [-0.25, -0.2) is 0 Å². The van der Waals surface area contributed by atoms with Crippen LogP contribution in [0.3, 0.4) is 0 Å². The molecule has 2 rings (SSSR count). The minimum atomic E-state index is 0.0841. The fourth-order valence-electron chi connectivity index (χ4n) is 2.18. The first kappa shape index (κ1) is 10.5. The maximum Gasteiger partial charge on any atom is 0.197 e. The van der Waals surface area contributed by atoms with E-state index in [1.165, 1.54) is 12.0 Å². The highest BCUT2D eigenvalue weighted by Crippen LogP contribution is 2.25. The Kier molecular flexibility index (Phi) is 3.24. The molecule has 0 fully saturated rings. The number of carbonyl (C=O) groups is 1. The van der Waals surface area contributed by atoms with E-state index in [2.05, 4.69) is 6.08 Å². The van der Waals surface area contributed by atoms with Crippen LogP contribution in [0, 0.1) is 0 Å². The minimum Gasteiger partial charge on any atom is -0.483 e. The Hall–Kier alpha value is -1.05. The normalized spacial score (nSPS) is 23.4. The molecule has 15 heavy (non-hydrogen) atoms. The molecule has 0 radical (unpaired) electrons. The zero-order valence-corrected chi connectivity index (χ0v) is 9.29. The zero-order valence-electron chi connectivity index (χ0n) is 9.29. The van der Waals surface area contributed by atoms with Crippen molar-refractivity contribution in [1.82, 2.24) is 0 Å². The molecular formula is C13H18O2. The minimum absolute atomic E-state index is 0.0841. The average molecular weight is 206 g/mol. The van der Waals surface area contributed by atoms with Gasteiger partial charge in [0.25, 0.3) is 0 Å². The first-order chi connectivity index (χ1) is 7.27. The van der Waals surface area contributed by atoms with Gasteiger partial charge in [0.05, 0.1) is 0 Å². The molecule has 0 aliphatic heterocycles. The highest BCUT2D eigenvalue weighted by atomic mass is 16.5. The van der Waals surface area contributed by atoms with Gasteiger partial charge in [0.1, 0.15) is 6.10 Å². The van der Waals surface area contributed by atoms with Gasteiger partial charge in [0.15, 0.2) is 11.5 Å². The maximum absolute atomic E-state index is 11.5. The molecule has 0 saturated carbocycles. The third-order valence-electron chi connectivity index (χ3n) is 3.11. The molecule has 0 saturated heterocycles. The molecule has 1 atom stereocenters. The molecular weight excluding hydrogens is 188 g/mol. The van der Waals surface area contributed by atoms with Crippen molar-refractivity contribution in [2.45, 2.75) is 51.6 Å². The summed E-state index contributed by atoms with van der Waals surface area (Å²) in [5.74, 6) is 0.772. The molecule has 0 aromatic rings. The lowest BCUT2D eigenvalue weighted by Gasteiger charge is -2.19. The third kappa shape index (κ3) is 2.49. The monoisotopic (exact) mass is 206 g/mol. The van der Waals surface area contributed by atoms with Gasteiger partial charge in [-0.1, -0.05) is 6.08 Å². The molecule has 2 heteroatoms. The first-order valence-electron chi connectivity index (χ1n) is 5.86. The Morgan fingerprint density at radius 2 is 1.93 bits per heavy atom. The molecule has 0 unspecified atom stereocenters. The number of rotatable bonds is 3. The van der Waals surface area contributed by atoms with E-state index in [0.717, 1.165) is 25.7 Å². The van der Waals surface area contributed by atoms with Gasteiger partial charge in [-0.05, 0) is 50.7 Å². The Labute approximate surface area is 91.0 Å². The lowest BCUT2D eigenvalue weighted by molar-refractivity contribution is -0.120. The average Bonchev–Trinajstić information content (AvgIpc) is 2.74. The molecule has 0 N–H and O–H groups in total. The van der Waals surface area contributed by atoms with Crippen LogP contribution in [0.15, 0.2) is 23.5 Å². The molecule has 0 heterocycles. The summed E-state index contributed by atoms with van der Waals surface area (Å²) in [7, 11) is 0. The summed E-state index contributed by atoms with van der Waals surface area (Å²) in [6, 6.07) is 0. The fraction of sp³-hybridized carbons (Fsp3) is 0.615. The first-order valence-corrected chi connectivity index (χ1v) is 5.86. The van der Waals surface area contributed by atoms with Crippen LogP contribution < -0.4 is 0 Å². The van der Waals surface area contributed by atoms with Gasteiger partial charge < -0.3 is 4.74 Å². The van der Waals surface area contributed by atoms with E-state index in [1.807, 2.05) is 13.0 Å². The quantitative estimate of drug-likeness (QED) is 0.663. The van der Waals surface area contributed by atoms with Gasteiger partial charge >= 0.3 is 0 Å². The second kappa shape index (κ2) is 4.65. The smallest absolute Gasteiger partial charge is 0.197 e. The van der Waals surface area contributed by atoms with Gasteiger partial charge in [-0.3, -0.25) is 4.79 Å². The van der Waals surface area contributed by atoms with Crippen LogP contribution in [-0.4, -0.2) is 11.9 Å². The van der Waals surface area contributed by atoms with Gasteiger partial charge in [0.2, 0.25) is 0 Å². The predicted octanol–water partition coefficient (Wildman–Crippen LogP) is 3.14. The second-order valence-electron chi connectivity index (χ2n) is 4.32. The lowest BCUT2D eigenvalue weighted by Crippen LogP contribution is -2.17. The van der Waals surface area contributed by atoms with Gasteiger partial charge in [-0.15, -0.1) is 0 Å². The summed E-state index contributed by atoms with van der Waals surface area (Å²) < 4.78 is 5.73. The van der Waals surface area contributed by atoms with Crippen molar-refractivity contribution in [2.24, 2.45) is 0 Å². The van der Waals surface area contributed by atoms with E-state index in [-0.39, 0.29) is 11.9 Å². The Morgan fingerprint density at radius 3 is 2.60 bits per heavy atom. The summed E-state index contributed by atoms with van der Waals surface area (Å²) in [6.07, 6.45) is 10.4. The van der Waals surface area contributed by atoms with Crippen molar-refractivity contribution in [3.05, 3.63) is 23.5 Å². The topological polar surface area (TPSA) is 26.3 Å². The third-order valence-corrected chi connectivity index (χ3v) is 3.11. The number of Topliss-reactive ketones (excluding diaryl/α,β-unsaturated/α-hetero) is 1. The van der Waals surface area contributed by atoms with Gasteiger partial charge in [0, 0.05) is 6.42 Å². The van der Waals surface area contributed by atoms with Gasteiger partial charge in [-0.2, -0.15) is 0 Å². The van der Waals surface area contributed by atoms with E-state index in [4.69, 9.17) is 4.74 Å². The lowest BCUT2D eigenvalue weighted by atomic mass is 10.0. The summed E-state index contributed by atoms with van der Waals surface area (Å²) in [5.41, 5.74) is 1.36. The van der Waals surface area contributed by atoms with Crippen molar-refractivity contribution in [3.8, 4) is 0 Å². The van der Waals surface area contributed by atoms with Crippen molar-refractivity contribution in [3.63, 3.8) is 0 Å². The molecule has 2 aliphatic carbocycles. The van der Waals surface area contributed by atoms with Crippen LogP contribution in [0.2, 0.25) is 0 Å². The largest absolute Gasteiger partial charge is 0.483 e. The second-order valence-corrected chi connectivity index (χ2v) is 4.32. The molecule has 0 amide bonds. The number of allylic oxidation sites excluding steroid dienone is 3. The number of hydrogen-bond donors (Lipinski definition) is 0. The number of hydrogen-bond acceptors (Lipinski definition) is 2. The van der Waals surface area contributed by atoms with Crippen molar-refractivity contribution < 1.29 is 9.53 Å². The van der Waals surface area contributed by atoms with Crippen molar-refractivity contribution in [1.29, 1.82) is 0 Å². The molecule has 0 bridgehead atoms. The van der Waals surface area contributed by atoms with Crippen molar-refractivity contribution >= 4 is 5.78 Å². The zero-order chi connectivity index (χ0) is 10.7. The van der Waals surface area contributed by atoms with Crippen LogP contribution in [0.5, 0.6) is 0 Å². The standard InChI is InChI=1S/C13H18O2/c1-10(11-6-2-3-7-11)15-13-9-5-4-8-12(13)14/h6,9-10H,2-5,7-8H2,1H3/t10-/m1/s1. The van der Waals surface area contributed by atoms with Crippen LogP contribution >= 0.6 is 0 Å². The molecule has 0 aromatic carbocycles. The fourth-order valence-corrected chi connectivity index (χ4v) is 2.18. The Bertz CT molecular complexity index is 312. The SMILES string of the molecule is C[C@@H](OC1=CCCCC1=O)C1=CCCC1. The highest BCUT2D eigenvalue weighted by Gasteiger charge is 2.20. The molecule has 2 nitrogen and oxygen atoms in total. The van der Waals surface area contributed by atoms with Crippen LogP contribution in [-0.2, 0) is 9.53 Å². The van der Waals surface area contributed by atoms with Crippen molar-refractivity contribution in [2.75, 3.05) is 0 Å². The highest BCUT2D eigenvalue weighted by molar-refractivity contribution is 5.94. The van der Waals surface area contributed by atoms with Crippen LogP contribution in [0.25, 0.3) is 0 Å². The summed E-state index contributed by atoms with van der Waals surface area (Å²) in [6.45, 7) is 2.04. The van der Waals surface area contributed by atoms with E-state index < -0.39 is 0 Å². The molecule has 0 aromatic heterocycles. The van der Waals surface area contributed by atoms with E-state index in [1.54, 1.807) is 0 Å². The Balaban J connectivity index is 1.95.